The largest absolute Gasteiger partial charge is 0.333 e. The summed E-state index contributed by atoms with van der Waals surface area (Å²) in [5.41, 5.74) is 4.10. The highest BCUT2D eigenvalue weighted by Gasteiger charge is 2.23. The Balaban J connectivity index is 1.55. The summed E-state index contributed by atoms with van der Waals surface area (Å²) in [6, 6.07) is 12.1. The van der Waals surface area contributed by atoms with Crippen LogP contribution in [0.2, 0.25) is 0 Å². The van der Waals surface area contributed by atoms with Crippen molar-refractivity contribution in [3.63, 3.8) is 0 Å². The summed E-state index contributed by atoms with van der Waals surface area (Å²) in [4.78, 5) is 23.1. The van der Waals surface area contributed by atoms with Gasteiger partial charge in [0.1, 0.15) is 10.7 Å². The lowest BCUT2D eigenvalue weighted by molar-refractivity contribution is 0.0729. The fourth-order valence-corrected chi connectivity index (χ4v) is 3.63. The smallest absolute Gasteiger partial charge is 0.273 e. The predicted octanol–water partition coefficient (Wildman–Crippen LogP) is 3.40. The third kappa shape index (κ3) is 2.75. The Hall–Kier alpha value is -2.53. The SMILES string of the molecule is O=C(c1csc(-c2ccncc2)n1)N1CCc2ccccc2C1. The van der Waals surface area contributed by atoms with Crippen LogP contribution in [0.15, 0.2) is 54.2 Å². The molecule has 1 amide bonds. The molecule has 1 aliphatic rings. The molecule has 23 heavy (non-hydrogen) atoms. The lowest BCUT2D eigenvalue weighted by Gasteiger charge is -2.28. The Kier molecular flexibility index (Phi) is 3.63. The van der Waals surface area contributed by atoms with E-state index in [2.05, 4.69) is 28.2 Å². The summed E-state index contributed by atoms with van der Waals surface area (Å²) >= 11 is 1.49. The summed E-state index contributed by atoms with van der Waals surface area (Å²) in [5.74, 6) is 0.0102. The molecule has 0 saturated carbocycles. The van der Waals surface area contributed by atoms with Crippen molar-refractivity contribution in [1.82, 2.24) is 14.9 Å². The highest BCUT2D eigenvalue weighted by Crippen LogP contribution is 2.25. The van der Waals surface area contributed by atoms with Gasteiger partial charge in [0, 0.05) is 36.4 Å². The molecule has 3 aromatic rings. The Morgan fingerprint density at radius 3 is 2.70 bits per heavy atom. The number of aromatic nitrogens is 2. The predicted molar refractivity (Wildman–Crippen MR) is 90.2 cm³/mol. The number of hydrogen-bond acceptors (Lipinski definition) is 4. The first-order chi connectivity index (χ1) is 11.3. The molecule has 0 saturated heterocycles. The van der Waals surface area contributed by atoms with Gasteiger partial charge in [-0.1, -0.05) is 24.3 Å². The van der Waals surface area contributed by atoms with Gasteiger partial charge in [0.2, 0.25) is 0 Å². The number of carbonyl (C=O) groups is 1. The highest BCUT2D eigenvalue weighted by atomic mass is 32.1. The molecule has 0 N–H and O–H groups in total. The van der Waals surface area contributed by atoms with Gasteiger partial charge in [-0.15, -0.1) is 11.3 Å². The average molecular weight is 321 g/mol. The number of hydrogen-bond donors (Lipinski definition) is 0. The van der Waals surface area contributed by atoms with Gasteiger partial charge in [-0.05, 0) is 29.7 Å². The zero-order valence-electron chi connectivity index (χ0n) is 12.5. The number of nitrogens with zero attached hydrogens (tertiary/aromatic N) is 3. The van der Waals surface area contributed by atoms with Crippen LogP contribution in [0.3, 0.4) is 0 Å². The van der Waals surface area contributed by atoms with E-state index in [4.69, 9.17) is 0 Å². The molecule has 3 heterocycles. The fourth-order valence-electron chi connectivity index (χ4n) is 2.83. The van der Waals surface area contributed by atoms with Crippen LogP contribution in [-0.2, 0) is 13.0 Å². The number of benzene rings is 1. The molecular weight excluding hydrogens is 306 g/mol. The van der Waals surface area contributed by atoms with E-state index < -0.39 is 0 Å². The van der Waals surface area contributed by atoms with E-state index >= 15 is 0 Å². The first kappa shape index (κ1) is 14.1. The minimum absolute atomic E-state index is 0.0102. The first-order valence-corrected chi connectivity index (χ1v) is 8.41. The van der Waals surface area contributed by atoms with Crippen LogP contribution in [0.1, 0.15) is 21.6 Å². The third-order valence-corrected chi connectivity index (χ3v) is 4.96. The Bertz CT molecular complexity index is 844. The standard InChI is InChI=1S/C18H15N3OS/c22-18(21-10-7-13-3-1-2-4-15(13)11-21)16-12-23-17(20-16)14-5-8-19-9-6-14/h1-6,8-9,12H,7,10-11H2. The monoisotopic (exact) mass is 321 g/mol. The number of fused-ring (bicyclic) bond motifs is 1. The molecule has 0 bridgehead atoms. The van der Waals surface area contributed by atoms with Crippen LogP contribution in [0.25, 0.3) is 10.6 Å². The lowest BCUT2D eigenvalue weighted by atomic mass is 10.00. The Labute approximate surface area is 138 Å². The topological polar surface area (TPSA) is 46.1 Å². The minimum Gasteiger partial charge on any atom is -0.333 e. The molecule has 0 unspecified atom stereocenters. The van der Waals surface area contributed by atoms with E-state index in [1.165, 1.54) is 22.5 Å². The van der Waals surface area contributed by atoms with Crippen molar-refractivity contribution in [2.45, 2.75) is 13.0 Å². The van der Waals surface area contributed by atoms with Gasteiger partial charge >= 0.3 is 0 Å². The molecule has 114 valence electrons. The molecule has 4 rings (SSSR count). The summed E-state index contributed by atoms with van der Waals surface area (Å²) in [5, 5.41) is 2.70. The van der Waals surface area contributed by atoms with Crippen molar-refractivity contribution in [3.05, 3.63) is 71.0 Å². The van der Waals surface area contributed by atoms with E-state index in [0.29, 0.717) is 12.2 Å². The van der Waals surface area contributed by atoms with Crippen molar-refractivity contribution >= 4 is 17.2 Å². The van der Waals surface area contributed by atoms with Crippen LogP contribution in [-0.4, -0.2) is 27.3 Å². The number of thiazole rings is 1. The summed E-state index contributed by atoms with van der Waals surface area (Å²) in [6.45, 7) is 1.41. The molecule has 0 radical (unpaired) electrons. The maximum Gasteiger partial charge on any atom is 0.273 e. The van der Waals surface area contributed by atoms with Crippen molar-refractivity contribution in [2.24, 2.45) is 0 Å². The fraction of sp³-hybridized carbons (Fsp3) is 0.167. The molecular formula is C18H15N3OS. The molecule has 5 heteroatoms. The second kappa shape index (κ2) is 5.93. The minimum atomic E-state index is 0.0102. The highest BCUT2D eigenvalue weighted by molar-refractivity contribution is 7.13. The zero-order chi connectivity index (χ0) is 15.6. The first-order valence-electron chi connectivity index (χ1n) is 7.53. The Morgan fingerprint density at radius 2 is 1.87 bits per heavy atom. The third-order valence-electron chi connectivity index (χ3n) is 4.07. The van der Waals surface area contributed by atoms with Crippen LogP contribution < -0.4 is 0 Å². The molecule has 0 aliphatic carbocycles. The van der Waals surface area contributed by atoms with Crippen LogP contribution in [0, 0.1) is 0 Å². The quantitative estimate of drug-likeness (QED) is 0.727. The van der Waals surface area contributed by atoms with Gasteiger partial charge in [0.05, 0.1) is 0 Å². The van der Waals surface area contributed by atoms with E-state index in [1.807, 2.05) is 28.5 Å². The van der Waals surface area contributed by atoms with Crippen LogP contribution >= 0.6 is 11.3 Å². The van der Waals surface area contributed by atoms with E-state index in [9.17, 15) is 4.79 Å². The summed E-state index contributed by atoms with van der Waals surface area (Å²) in [7, 11) is 0. The van der Waals surface area contributed by atoms with Crippen molar-refractivity contribution < 1.29 is 4.79 Å². The lowest BCUT2D eigenvalue weighted by Crippen LogP contribution is -2.36. The second-order valence-electron chi connectivity index (χ2n) is 5.52. The second-order valence-corrected chi connectivity index (χ2v) is 6.38. The van der Waals surface area contributed by atoms with Crippen molar-refractivity contribution in [2.75, 3.05) is 6.54 Å². The Morgan fingerprint density at radius 1 is 1.09 bits per heavy atom. The number of carbonyl (C=O) groups excluding carboxylic acids is 1. The molecule has 2 aromatic heterocycles. The summed E-state index contributed by atoms with van der Waals surface area (Å²) < 4.78 is 0. The van der Waals surface area contributed by atoms with Crippen LogP contribution in [0.4, 0.5) is 0 Å². The van der Waals surface area contributed by atoms with Gasteiger partial charge < -0.3 is 4.90 Å². The average Bonchev–Trinajstić information content (AvgIpc) is 3.11. The molecule has 0 fully saturated rings. The maximum atomic E-state index is 12.7. The van der Waals surface area contributed by atoms with Gasteiger partial charge in [0.15, 0.2) is 0 Å². The number of rotatable bonds is 2. The molecule has 0 spiro atoms. The summed E-state index contributed by atoms with van der Waals surface area (Å²) in [6.07, 6.45) is 4.38. The van der Waals surface area contributed by atoms with Gasteiger partial charge in [0.25, 0.3) is 5.91 Å². The van der Waals surface area contributed by atoms with Crippen LogP contribution in [0.5, 0.6) is 0 Å². The van der Waals surface area contributed by atoms with E-state index in [0.717, 1.165) is 23.5 Å². The van der Waals surface area contributed by atoms with E-state index in [-0.39, 0.29) is 5.91 Å². The van der Waals surface area contributed by atoms with Gasteiger partial charge in [-0.25, -0.2) is 4.98 Å². The zero-order valence-corrected chi connectivity index (χ0v) is 13.3. The number of amides is 1. The van der Waals surface area contributed by atoms with Crippen molar-refractivity contribution in [3.8, 4) is 10.6 Å². The maximum absolute atomic E-state index is 12.7. The number of pyridine rings is 1. The molecule has 4 nitrogen and oxygen atoms in total. The van der Waals surface area contributed by atoms with Gasteiger partial charge in [-0.3, -0.25) is 9.78 Å². The van der Waals surface area contributed by atoms with Crippen molar-refractivity contribution in [1.29, 1.82) is 0 Å². The van der Waals surface area contributed by atoms with E-state index in [1.54, 1.807) is 12.4 Å². The molecule has 1 aliphatic heterocycles. The normalized spacial score (nSPS) is 13.7. The van der Waals surface area contributed by atoms with Gasteiger partial charge in [-0.2, -0.15) is 0 Å². The molecule has 0 atom stereocenters. The molecule has 1 aromatic carbocycles.